The van der Waals surface area contributed by atoms with Crippen LogP contribution in [0, 0.1) is 6.92 Å². The molecule has 134 valence electrons. The van der Waals surface area contributed by atoms with Gasteiger partial charge in [0.2, 0.25) is 0 Å². The minimum atomic E-state index is -3.04. The second-order valence-electron chi connectivity index (χ2n) is 6.31. The molecule has 25 heavy (non-hydrogen) atoms. The Kier molecular flexibility index (Phi) is 4.85. The van der Waals surface area contributed by atoms with E-state index in [9.17, 15) is 13.2 Å². The first kappa shape index (κ1) is 17.5. The number of rotatable bonds is 5. The van der Waals surface area contributed by atoms with Gasteiger partial charge in [-0.2, -0.15) is 0 Å². The molecule has 0 bridgehead atoms. The summed E-state index contributed by atoms with van der Waals surface area (Å²) in [5.41, 5.74) is 2.22. The van der Waals surface area contributed by atoms with E-state index in [0.717, 1.165) is 17.7 Å². The van der Waals surface area contributed by atoms with E-state index in [0.29, 0.717) is 18.5 Å². The summed E-state index contributed by atoms with van der Waals surface area (Å²) < 4.78 is 25.1. The quantitative estimate of drug-likeness (QED) is 0.786. The lowest BCUT2D eigenvalue weighted by Gasteiger charge is -2.28. The Balaban J connectivity index is 1.86. The van der Waals surface area contributed by atoms with Crippen molar-refractivity contribution in [2.75, 3.05) is 18.1 Å². The number of tetrazole rings is 1. The molecule has 1 unspecified atom stereocenters. The van der Waals surface area contributed by atoms with Gasteiger partial charge in [0.15, 0.2) is 9.84 Å². The van der Waals surface area contributed by atoms with Crippen molar-refractivity contribution in [2.45, 2.75) is 32.7 Å². The summed E-state index contributed by atoms with van der Waals surface area (Å²) in [6.07, 6.45) is 2.79. The lowest BCUT2D eigenvalue weighted by molar-refractivity contribution is 0.0697. The minimum Gasteiger partial charge on any atom is -0.335 e. The van der Waals surface area contributed by atoms with Crippen LogP contribution in [0.25, 0.3) is 5.69 Å². The number of aryl methyl sites for hydroxylation is 1. The number of carbonyl (C=O) groups is 1. The molecule has 0 radical (unpaired) electrons. The molecule has 1 fully saturated rings. The van der Waals surface area contributed by atoms with E-state index < -0.39 is 9.84 Å². The largest absolute Gasteiger partial charge is 0.335 e. The topological polar surface area (TPSA) is 98.1 Å². The van der Waals surface area contributed by atoms with Crippen molar-refractivity contribution in [3.8, 4) is 5.69 Å². The molecule has 1 aliphatic rings. The number of nitrogens with zero attached hydrogens (tertiary/aromatic N) is 5. The number of hydrogen-bond acceptors (Lipinski definition) is 6. The van der Waals surface area contributed by atoms with Gasteiger partial charge in [-0.25, -0.2) is 13.1 Å². The summed E-state index contributed by atoms with van der Waals surface area (Å²) in [6, 6.07) is 5.09. The Bertz CT molecular complexity index is 864. The van der Waals surface area contributed by atoms with Crippen LogP contribution in [0.15, 0.2) is 24.5 Å². The molecule has 1 aromatic heterocycles. The van der Waals surface area contributed by atoms with Gasteiger partial charge in [0.1, 0.15) is 6.33 Å². The van der Waals surface area contributed by atoms with Gasteiger partial charge >= 0.3 is 0 Å². The molecular formula is C16H21N5O3S. The van der Waals surface area contributed by atoms with Crippen LogP contribution in [0.3, 0.4) is 0 Å². The lowest BCUT2D eigenvalue weighted by Crippen LogP contribution is -2.41. The molecule has 0 N–H and O–H groups in total. The first-order chi connectivity index (χ1) is 11.9. The van der Waals surface area contributed by atoms with Crippen LogP contribution in [-0.2, 0) is 9.84 Å². The van der Waals surface area contributed by atoms with E-state index in [4.69, 9.17) is 0 Å². The van der Waals surface area contributed by atoms with Gasteiger partial charge < -0.3 is 4.90 Å². The predicted octanol–water partition coefficient (Wildman–Crippen LogP) is 1.01. The highest BCUT2D eigenvalue weighted by atomic mass is 32.2. The molecule has 2 aromatic rings. The third kappa shape index (κ3) is 3.71. The fourth-order valence-corrected chi connectivity index (χ4v) is 4.93. The van der Waals surface area contributed by atoms with Gasteiger partial charge in [0.25, 0.3) is 5.91 Å². The number of carbonyl (C=O) groups excluding carboxylic acids is 1. The Hall–Kier alpha value is -2.29. The van der Waals surface area contributed by atoms with Crippen LogP contribution in [0.5, 0.6) is 0 Å². The van der Waals surface area contributed by atoms with Crippen molar-refractivity contribution in [1.29, 1.82) is 0 Å². The normalized spacial score (nSPS) is 19.0. The molecule has 1 saturated heterocycles. The fraction of sp³-hybridized carbons (Fsp3) is 0.500. The molecule has 8 nitrogen and oxygen atoms in total. The maximum Gasteiger partial charge on any atom is 0.254 e. The molecule has 1 amide bonds. The summed E-state index contributed by atoms with van der Waals surface area (Å²) in [4.78, 5) is 14.7. The molecular weight excluding hydrogens is 342 g/mol. The van der Waals surface area contributed by atoms with Crippen LogP contribution in [0.1, 0.15) is 35.7 Å². The van der Waals surface area contributed by atoms with E-state index in [1.807, 2.05) is 13.8 Å². The third-order valence-electron chi connectivity index (χ3n) is 4.41. The summed E-state index contributed by atoms with van der Waals surface area (Å²) in [7, 11) is -3.04. The number of hydrogen-bond donors (Lipinski definition) is 0. The van der Waals surface area contributed by atoms with Crippen molar-refractivity contribution in [3.05, 3.63) is 35.7 Å². The van der Waals surface area contributed by atoms with E-state index in [2.05, 4.69) is 15.5 Å². The van der Waals surface area contributed by atoms with Crippen molar-refractivity contribution >= 4 is 15.7 Å². The molecule has 0 saturated carbocycles. The van der Waals surface area contributed by atoms with Crippen molar-refractivity contribution < 1.29 is 13.2 Å². The number of aromatic nitrogens is 4. The highest BCUT2D eigenvalue weighted by Crippen LogP contribution is 2.22. The zero-order chi connectivity index (χ0) is 18.0. The smallest absolute Gasteiger partial charge is 0.254 e. The monoisotopic (exact) mass is 363 g/mol. The Morgan fingerprint density at radius 1 is 1.40 bits per heavy atom. The van der Waals surface area contributed by atoms with Crippen LogP contribution in [0.4, 0.5) is 0 Å². The standard InChI is InChI=1S/C16H21N5O3S/c1-3-7-20(14-6-8-25(23,24)10-14)16(22)13-4-5-15(12(2)9-13)21-11-17-18-19-21/h4-5,9,11,14H,3,6-8,10H2,1-2H3. The minimum absolute atomic E-state index is 0.0560. The lowest BCUT2D eigenvalue weighted by atomic mass is 10.1. The molecule has 9 heteroatoms. The van der Waals surface area contributed by atoms with E-state index in [1.54, 1.807) is 23.1 Å². The molecule has 1 aromatic carbocycles. The predicted molar refractivity (Wildman–Crippen MR) is 92.3 cm³/mol. The number of sulfone groups is 1. The first-order valence-electron chi connectivity index (χ1n) is 8.26. The Morgan fingerprint density at radius 3 is 2.76 bits per heavy atom. The maximum absolute atomic E-state index is 13.0. The van der Waals surface area contributed by atoms with Gasteiger partial charge in [-0.15, -0.1) is 5.10 Å². The summed E-state index contributed by atoms with van der Waals surface area (Å²) in [5.74, 6) is 0.0818. The number of benzene rings is 1. The summed E-state index contributed by atoms with van der Waals surface area (Å²) in [6.45, 7) is 4.42. The molecule has 1 aliphatic heterocycles. The molecule has 0 spiro atoms. The Morgan fingerprint density at radius 2 is 2.20 bits per heavy atom. The molecule has 1 atom stereocenters. The van der Waals surface area contributed by atoms with Gasteiger partial charge in [-0.05, 0) is 54.0 Å². The van der Waals surface area contributed by atoms with Crippen molar-refractivity contribution in [3.63, 3.8) is 0 Å². The Labute approximate surface area is 146 Å². The van der Waals surface area contributed by atoms with Gasteiger partial charge in [0, 0.05) is 18.2 Å². The van der Waals surface area contributed by atoms with Crippen LogP contribution in [0.2, 0.25) is 0 Å². The average Bonchev–Trinajstić information content (AvgIpc) is 3.21. The highest BCUT2D eigenvalue weighted by Gasteiger charge is 2.34. The summed E-state index contributed by atoms with van der Waals surface area (Å²) in [5, 5.41) is 11.1. The van der Waals surface area contributed by atoms with Gasteiger partial charge in [-0.3, -0.25) is 4.79 Å². The van der Waals surface area contributed by atoms with E-state index in [-0.39, 0.29) is 23.5 Å². The van der Waals surface area contributed by atoms with Crippen LogP contribution < -0.4 is 0 Å². The molecule has 0 aliphatic carbocycles. The van der Waals surface area contributed by atoms with Crippen molar-refractivity contribution in [1.82, 2.24) is 25.1 Å². The van der Waals surface area contributed by atoms with E-state index >= 15 is 0 Å². The van der Waals surface area contributed by atoms with Crippen LogP contribution in [-0.4, -0.2) is 63.5 Å². The average molecular weight is 363 g/mol. The van der Waals surface area contributed by atoms with Crippen molar-refractivity contribution in [2.24, 2.45) is 0 Å². The maximum atomic E-state index is 13.0. The van der Waals surface area contributed by atoms with E-state index in [1.165, 1.54) is 11.0 Å². The SMILES string of the molecule is CCCN(C(=O)c1ccc(-n2cnnn2)c(C)c1)C1CCS(=O)(=O)C1. The summed E-state index contributed by atoms with van der Waals surface area (Å²) >= 11 is 0. The second-order valence-corrected chi connectivity index (χ2v) is 8.54. The zero-order valence-electron chi connectivity index (χ0n) is 14.3. The van der Waals surface area contributed by atoms with Gasteiger partial charge in [0.05, 0.1) is 17.2 Å². The molecule has 2 heterocycles. The second kappa shape index (κ2) is 6.91. The first-order valence-corrected chi connectivity index (χ1v) is 10.1. The zero-order valence-corrected chi connectivity index (χ0v) is 15.1. The molecule has 3 rings (SSSR count). The van der Waals surface area contributed by atoms with Gasteiger partial charge in [-0.1, -0.05) is 6.92 Å². The third-order valence-corrected chi connectivity index (χ3v) is 6.16. The number of amides is 1. The van der Waals surface area contributed by atoms with Crippen LogP contribution >= 0.6 is 0 Å². The highest BCUT2D eigenvalue weighted by molar-refractivity contribution is 7.91. The fourth-order valence-electron chi connectivity index (χ4n) is 3.20.